The lowest BCUT2D eigenvalue weighted by Gasteiger charge is -2.18. The van der Waals surface area contributed by atoms with Crippen molar-refractivity contribution in [3.63, 3.8) is 0 Å². The van der Waals surface area contributed by atoms with Crippen LogP contribution >= 0.6 is 0 Å². The number of rotatable bonds is 3. The van der Waals surface area contributed by atoms with E-state index in [1.54, 1.807) is 0 Å². The molecule has 5 nitrogen and oxygen atoms in total. The molecule has 0 radical (unpaired) electrons. The molecule has 2 aromatic rings. The Morgan fingerprint density at radius 2 is 1.96 bits per heavy atom. The smallest absolute Gasteiger partial charge is 0.344 e. The zero-order chi connectivity index (χ0) is 20.6. The van der Waals surface area contributed by atoms with Crippen LogP contribution < -0.4 is 5.32 Å². The van der Waals surface area contributed by atoms with Crippen LogP contribution in [0.3, 0.4) is 0 Å². The first-order chi connectivity index (χ1) is 13.1. The maximum Gasteiger partial charge on any atom is 0.433 e. The Hall–Kier alpha value is -3.04. The molecule has 3 rings (SSSR count). The van der Waals surface area contributed by atoms with Gasteiger partial charge in [0.25, 0.3) is 0 Å². The summed E-state index contributed by atoms with van der Waals surface area (Å²) in [6.07, 6.45) is -3.74. The molecule has 0 saturated carbocycles. The third-order valence-electron chi connectivity index (χ3n) is 4.51. The van der Waals surface area contributed by atoms with Gasteiger partial charge in [0.1, 0.15) is 11.6 Å². The monoisotopic (exact) mass is 399 g/mol. The fourth-order valence-corrected chi connectivity index (χ4v) is 3.14. The van der Waals surface area contributed by atoms with Crippen LogP contribution in [-0.4, -0.2) is 35.3 Å². The highest BCUT2D eigenvalue weighted by atomic mass is 19.4. The zero-order valence-corrected chi connectivity index (χ0v) is 14.4. The van der Waals surface area contributed by atoms with Crippen molar-refractivity contribution in [2.75, 3.05) is 18.9 Å². The van der Waals surface area contributed by atoms with Gasteiger partial charge in [0.05, 0.1) is 5.69 Å². The second-order valence-electron chi connectivity index (χ2n) is 6.37. The molecule has 2 amide bonds. The normalized spacial score (nSPS) is 19.8. The van der Waals surface area contributed by atoms with Crippen LogP contribution in [0.1, 0.15) is 17.2 Å². The number of carbonyl (C=O) groups is 2. The molecule has 1 aliphatic rings. The van der Waals surface area contributed by atoms with Crippen molar-refractivity contribution in [3.05, 3.63) is 59.4 Å². The molecule has 2 atom stereocenters. The predicted molar refractivity (Wildman–Crippen MR) is 88.1 cm³/mol. The van der Waals surface area contributed by atoms with Crippen LogP contribution in [0.4, 0.5) is 27.6 Å². The molecule has 0 spiro atoms. The lowest BCUT2D eigenvalue weighted by Crippen LogP contribution is -2.33. The van der Waals surface area contributed by atoms with E-state index in [0.29, 0.717) is 0 Å². The van der Waals surface area contributed by atoms with Crippen molar-refractivity contribution >= 4 is 17.5 Å². The molecule has 1 N–H and O–H groups in total. The Balaban J connectivity index is 1.93. The summed E-state index contributed by atoms with van der Waals surface area (Å²) in [4.78, 5) is 29.5. The lowest BCUT2D eigenvalue weighted by molar-refractivity contribution is -0.141. The second kappa shape index (κ2) is 7.17. The molecule has 0 unspecified atom stereocenters. The summed E-state index contributed by atoms with van der Waals surface area (Å²) >= 11 is 0. The van der Waals surface area contributed by atoms with Crippen molar-refractivity contribution in [3.8, 4) is 0 Å². The van der Waals surface area contributed by atoms with Gasteiger partial charge in [-0.25, -0.2) is 8.78 Å². The van der Waals surface area contributed by atoms with E-state index in [2.05, 4.69) is 10.3 Å². The van der Waals surface area contributed by atoms with Crippen molar-refractivity contribution < 1.29 is 31.5 Å². The summed E-state index contributed by atoms with van der Waals surface area (Å²) in [5.41, 5.74) is -1.51. The molecular formula is C18H14F5N3O2. The molecule has 2 heterocycles. The number of benzene rings is 1. The van der Waals surface area contributed by atoms with Gasteiger partial charge in [0.2, 0.25) is 11.8 Å². The van der Waals surface area contributed by atoms with Crippen LogP contribution in [0.15, 0.2) is 36.5 Å². The molecule has 28 heavy (non-hydrogen) atoms. The average molecular weight is 399 g/mol. The number of likely N-dealkylation sites (tertiary alicyclic amines) is 1. The molecule has 0 bridgehead atoms. The number of aromatic nitrogens is 1. The fourth-order valence-electron chi connectivity index (χ4n) is 3.14. The van der Waals surface area contributed by atoms with E-state index >= 15 is 0 Å². The predicted octanol–water partition coefficient (Wildman–Crippen LogP) is 3.19. The summed E-state index contributed by atoms with van der Waals surface area (Å²) in [5.74, 6) is -6.35. The Labute approximate surface area is 156 Å². The van der Waals surface area contributed by atoms with Gasteiger partial charge in [-0.1, -0.05) is 6.07 Å². The highest BCUT2D eigenvalue weighted by Crippen LogP contribution is 2.36. The number of hydrogen-bond acceptors (Lipinski definition) is 3. The largest absolute Gasteiger partial charge is 0.433 e. The Kier molecular flexibility index (Phi) is 5.05. The van der Waals surface area contributed by atoms with Gasteiger partial charge in [0.15, 0.2) is 11.6 Å². The average Bonchev–Trinajstić information content (AvgIpc) is 2.93. The van der Waals surface area contributed by atoms with E-state index in [-0.39, 0.29) is 12.1 Å². The molecule has 10 heteroatoms. The first-order valence-electron chi connectivity index (χ1n) is 8.12. The highest BCUT2D eigenvalue weighted by Gasteiger charge is 2.45. The number of nitrogens with one attached hydrogen (secondary N) is 1. The topological polar surface area (TPSA) is 62.3 Å². The second-order valence-corrected chi connectivity index (χ2v) is 6.37. The minimum absolute atomic E-state index is 0.0101. The van der Waals surface area contributed by atoms with Crippen LogP contribution in [0, 0.1) is 17.6 Å². The van der Waals surface area contributed by atoms with Gasteiger partial charge in [-0.15, -0.1) is 0 Å². The number of hydrogen-bond donors (Lipinski definition) is 1. The van der Waals surface area contributed by atoms with Gasteiger partial charge in [-0.2, -0.15) is 13.2 Å². The Bertz CT molecular complexity index is 932. The van der Waals surface area contributed by atoms with Gasteiger partial charge >= 0.3 is 6.18 Å². The van der Waals surface area contributed by atoms with Crippen molar-refractivity contribution in [2.24, 2.45) is 5.92 Å². The Morgan fingerprint density at radius 3 is 2.64 bits per heavy atom. The van der Waals surface area contributed by atoms with Gasteiger partial charge in [-0.05, 0) is 29.8 Å². The standard InChI is InChI=1S/C18H14F5N3O2/c1-26-8-10(9-5-6-24-13(7-9)18(21,22)23)14(17(26)28)16(27)25-12-4-2-3-11(19)15(12)20/h2-7,10,14H,8H2,1H3,(H,25,27)/t10-,14+/m1/s1. The zero-order valence-electron chi connectivity index (χ0n) is 14.4. The number of anilines is 1. The summed E-state index contributed by atoms with van der Waals surface area (Å²) in [6.45, 7) is -0.0101. The number of alkyl halides is 3. The van der Waals surface area contributed by atoms with E-state index in [1.807, 2.05) is 0 Å². The van der Waals surface area contributed by atoms with E-state index in [4.69, 9.17) is 0 Å². The molecule has 0 aliphatic carbocycles. The van der Waals surface area contributed by atoms with Crippen molar-refractivity contribution in [1.82, 2.24) is 9.88 Å². The van der Waals surface area contributed by atoms with Crippen molar-refractivity contribution in [1.29, 1.82) is 0 Å². The minimum atomic E-state index is -4.69. The number of likely N-dealkylation sites (N-methyl/N-ethyl adjacent to an activating group) is 1. The highest BCUT2D eigenvalue weighted by molar-refractivity contribution is 6.08. The number of carbonyl (C=O) groups excluding carboxylic acids is 2. The van der Waals surface area contributed by atoms with Crippen LogP contribution in [0.2, 0.25) is 0 Å². The molecule has 1 aromatic carbocycles. The summed E-state index contributed by atoms with van der Waals surface area (Å²) in [6, 6.07) is 5.21. The van der Waals surface area contributed by atoms with Gasteiger partial charge < -0.3 is 10.2 Å². The van der Waals surface area contributed by atoms with E-state index in [1.165, 1.54) is 24.1 Å². The van der Waals surface area contributed by atoms with Crippen molar-refractivity contribution in [2.45, 2.75) is 12.1 Å². The lowest BCUT2D eigenvalue weighted by atomic mass is 9.88. The van der Waals surface area contributed by atoms with Crippen LogP contribution in [0.5, 0.6) is 0 Å². The third kappa shape index (κ3) is 3.67. The third-order valence-corrected chi connectivity index (χ3v) is 4.51. The van der Waals surface area contributed by atoms with Crippen LogP contribution in [0.25, 0.3) is 0 Å². The fraction of sp³-hybridized carbons (Fsp3) is 0.278. The first kappa shape index (κ1) is 19.7. The molecular weight excluding hydrogens is 385 g/mol. The van der Waals surface area contributed by atoms with Gasteiger partial charge in [0, 0.05) is 25.7 Å². The van der Waals surface area contributed by atoms with E-state index in [0.717, 1.165) is 24.4 Å². The summed E-state index contributed by atoms with van der Waals surface area (Å²) < 4.78 is 65.9. The number of pyridine rings is 1. The van der Waals surface area contributed by atoms with Gasteiger partial charge in [-0.3, -0.25) is 14.6 Å². The number of amides is 2. The van der Waals surface area contributed by atoms with E-state index < -0.39 is 52.8 Å². The van der Waals surface area contributed by atoms with Crippen LogP contribution in [-0.2, 0) is 15.8 Å². The quantitative estimate of drug-likeness (QED) is 0.637. The number of nitrogens with zero attached hydrogens (tertiary/aromatic N) is 2. The van der Waals surface area contributed by atoms with E-state index in [9.17, 15) is 31.5 Å². The SMILES string of the molecule is CN1C[C@H](c2ccnc(C(F)(F)F)c2)[C@@H](C(=O)Nc2cccc(F)c2F)C1=O. The maximum absolute atomic E-state index is 13.8. The summed E-state index contributed by atoms with van der Waals surface area (Å²) in [7, 11) is 1.40. The Morgan fingerprint density at radius 1 is 1.25 bits per heavy atom. The molecule has 1 aliphatic heterocycles. The molecule has 148 valence electrons. The first-order valence-corrected chi connectivity index (χ1v) is 8.12. The molecule has 1 fully saturated rings. The minimum Gasteiger partial charge on any atom is -0.344 e. The number of halogens is 5. The molecule has 1 aromatic heterocycles. The summed E-state index contributed by atoms with van der Waals surface area (Å²) in [5, 5.41) is 2.15. The molecule has 1 saturated heterocycles. The maximum atomic E-state index is 13.8.